The van der Waals surface area contributed by atoms with Gasteiger partial charge in [-0.05, 0) is 30.0 Å². The van der Waals surface area contributed by atoms with Crippen LogP contribution in [0.2, 0.25) is 0 Å². The highest BCUT2D eigenvalue weighted by atomic mass is 32.2. The van der Waals surface area contributed by atoms with E-state index in [1.54, 1.807) is 7.11 Å². The molecule has 0 aliphatic rings. The second-order valence-electron chi connectivity index (χ2n) is 8.02. The standard InChI is InChI=1S/C23H27N3O2S/c1-15(20(27)16-11-13-17(14-12-16)23(2,3)4)29-22-25-24-21(26(22)5)18-9-7-8-10-19(18)28-6/h7-15H,1-6H3. The molecule has 1 aromatic heterocycles. The number of hydrogen-bond acceptors (Lipinski definition) is 5. The van der Waals surface area contributed by atoms with Gasteiger partial charge in [-0.25, -0.2) is 0 Å². The Morgan fingerprint density at radius 3 is 2.34 bits per heavy atom. The van der Waals surface area contributed by atoms with E-state index in [-0.39, 0.29) is 16.4 Å². The Morgan fingerprint density at radius 2 is 1.72 bits per heavy atom. The Hall–Kier alpha value is -2.60. The molecule has 29 heavy (non-hydrogen) atoms. The molecule has 0 saturated heterocycles. The maximum atomic E-state index is 12.9. The van der Waals surface area contributed by atoms with Crippen molar-refractivity contribution in [2.45, 2.75) is 43.5 Å². The number of aromatic nitrogens is 3. The molecule has 0 fully saturated rings. The lowest BCUT2D eigenvalue weighted by atomic mass is 9.86. The van der Waals surface area contributed by atoms with Crippen LogP contribution < -0.4 is 4.74 Å². The summed E-state index contributed by atoms with van der Waals surface area (Å²) in [5, 5.41) is 9.04. The van der Waals surface area contributed by atoms with E-state index < -0.39 is 0 Å². The van der Waals surface area contributed by atoms with Crippen LogP contribution in [0.5, 0.6) is 5.75 Å². The van der Waals surface area contributed by atoms with Crippen LogP contribution in [-0.2, 0) is 12.5 Å². The van der Waals surface area contributed by atoms with Crippen LogP contribution in [-0.4, -0.2) is 32.9 Å². The lowest BCUT2D eigenvalue weighted by molar-refractivity contribution is 0.0994. The van der Waals surface area contributed by atoms with E-state index in [4.69, 9.17) is 4.74 Å². The highest BCUT2D eigenvalue weighted by Crippen LogP contribution is 2.32. The molecule has 0 aliphatic carbocycles. The molecule has 152 valence electrons. The van der Waals surface area contributed by atoms with Crippen molar-refractivity contribution in [3.05, 3.63) is 59.7 Å². The minimum absolute atomic E-state index is 0.0650. The lowest BCUT2D eigenvalue weighted by Crippen LogP contribution is -2.16. The van der Waals surface area contributed by atoms with E-state index in [1.165, 1.54) is 17.3 Å². The Balaban J connectivity index is 1.78. The minimum atomic E-state index is -0.274. The van der Waals surface area contributed by atoms with Gasteiger partial charge in [0.15, 0.2) is 16.8 Å². The van der Waals surface area contributed by atoms with Gasteiger partial charge in [0, 0.05) is 12.6 Å². The average molecular weight is 410 g/mol. The summed E-state index contributed by atoms with van der Waals surface area (Å²) in [4.78, 5) is 12.9. The first-order valence-electron chi connectivity index (χ1n) is 9.56. The maximum absolute atomic E-state index is 12.9. The van der Waals surface area contributed by atoms with E-state index in [1.807, 2.05) is 67.1 Å². The van der Waals surface area contributed by atoms with Crippen LogP contribution in [0.25, 0.3) is 11.4 Å². The van der Waals surface area contributed by atoms with Crippen molar-refractivity contribution in [2.75, 3.05) is 7.11 Å². The van der Waals surface area contributed by atoms with Gasteiger partial charge in [-0.3, -0.25) is 4.79 Å². The van der Waals surface area contributed by atoms with Gasteiger partial charge in [0.25, 0.3) is 0 Å². The van der Waals surface area contributed by atoms with Crippen LogP contribution >= 0.6 is 11.8 Å². The topological polar surface area (TPSA) is 57.0 Å². The third-order valence-corrected chi connectivity index (χ3v) is 6.00. The van der Waals surface area contributed by atoms with E-state index in [2.05, 4.69) is 31.0 Å². The molecule has 0 N–H and O–H groups in total. The highest BCUT2D eigenvalue weighted by molar-refractivity contribution is 8.00. The summed E-state index contributed by atoms with van der Waals surface area (Å²) >= 11 is 1.41. The molecule has 5 nitrogen and oxygen atoms in total. The molecule has 1 atom stereocenters. The van der Waals surface area contributed by atoms with Crippen LogP contribution in [0, 0.1) is 0 Å². The number of carbonyl (C=O) groups excluding carboxylic acids is 1. The van der Waals surface area contributed by atoms with Crippen LogP contribution in [0.3, 0.4) is 0 Å². The summed E-state index contributed by atoms with van der Waals surface area (Å²) < 4.78 is 7.33. The molecule has 1 unspecified atom stereocenters. The minimum Gasteiger partial charge on any atom is -0.496 e. The van der Waals surface area contributed by atoms with Crippen molar-refractivity contribution in [3.63, 3.8) is 0 Å². The number of benzene rings is 2. The molecule has 0 saturated carbocycles. The fourth-order valence-electron chi connectivity index (χ4n) is 3.06. The summed E-state index contributed by atoms with van der Waals surface area (Å²) in [6.07, 6.45) is 0. The van der Waals surface area contributed by atoms with E-state index >= 15 is 0 Å². The molecular formula is C23H27N3O2S. The van der Waals surface area contributed by atoms with Crippen LogP contribution in [0.4, 0.5) is 0 Å². The smallest absolute Gasteiger partial charge is 0.191 e. The van der Waals surface area contributed by atoms with Crippen molar-refractivity contribution in [3.8, 4) is 17.1 Å². The summed E-state index contributed by atoms with van der Waals surface area (Å²) in [7, 11) is 3.54. The van der Waals surface area contributed by atoms with Crippen molar-refractivity contribution in [2.24, 2.45) is 7.05 Å². The Labute approximate surface area is 176 Å². The van der Waals surface area contributed by atoms with Crippen molar-refractivity contribution in [1.29, 1.82) is 0 Å². The van der Waals surface area contributed by atoms with Gasteiger partial charge in [0.05, 0.1) is 17.9 Å². The van der Waals surface area contributed by atoms with Gasteiger partial charge in [-0.15, -0.1) is 10.2 Å². The monoisotopic (exact) mass is 409 g/mol. The second kappa shape index (κ2) is 8.41. The number of Topliss-reactive ketones (excluding diaryl/α,β-unsaturated/α-hetero) is 1. The summed E-state index contributed by atoms with van der Waals surface area (Å²) in [6.45, 7) is 8.39. The molecule has 0 bridgehead atoms. The van der Waals surface area contributed by atoms with Gasteiger partial charge >= 0.3 is 0 Å². The third-order valence-electron chi connectivity index (χ3n) is 4.87. The lowest BCUT2D eigenvalue weighted by Gasteiger charge is -2.19. The van der Waals surface area contributed by atoms with Gasteiger partial charge in [0.2, 0.25) is 0 Å². The first kappa shape index (κ1) is 21.1. The molecule has 1 heterocycles. The Kier molecular flexibility index (Phi) is 6.13. The average Bonchev–Trinajstić information content (AvgIpc) is 3.06. The summed E-state index contributed by atoms with van der Waals surface area (Å²) in [5.41, 5.74) is 2.86. The first-order chi connectivity index (χ1) is 13.7. The molecule has 3 rings (SSSR count). The van der Waals surface area contributed by atoms with Crippen molar-refractivity contribution < 1.29 is 9.53 Å². The first-order valence-corrected chi connectivity index (χ1v) is 10.4. The number of thioether (sulfide) groups is 1. The SMILES string of the molecule is COc1ccccc1-c1nnc(SC(C)C(=O)c2ccc(C(C)(C)C)cc2)n1C. The zero-order chi connectivity index (χ0) is 21.2. The van der Waals surface area contributed by atoms with Crippen LogP contribution in [0.1, 0.15) is 43.6 Å². The summed E-state index contributed by atoms with van der Waals surface area (Å²) in [6, 6.07) is 15.6. The molecule has 3 aromatic rings. The molecule has 6 heteroatoms. The fourth-order valence-corrected chi connectivity index (χ4v) is 3.95. The zero-order valence-electron chi connectivity index (χ0n) is 17.8. The normalized spacial score (nSPS) is 12.6. The number of carbonyl (C=O) groups is 1. The van der Waals surface area contributed by atoms with Gasteiger partial charge in [0.1, 0.15) is 5.75 Å². The van der Waals surface area contributed by atoms with E-state index in [0.29, 0.717) is 16.5 Å². The fraction of sp³-hybridized carbons (Fsp3) is 0.348. The van der Waals surface area contributed by atoms with Crippen LogP contribution in [0.15, 0.2) is 53.7 Å². The molecule has 0 aliphatic heterocycles. The molecular weight excluding hydrogens is 382 g/mol. The zero-order valence-corrected chi connectivity index (χ0v) is 18.6. The summed E-state index contributed by atoms with van der Waals surface area (Å²) in [5.74, 6) is 1.53. The third kappa shape index (κ3) is 4.53. The number of ether oxygens (including phenoxy) is 1. The molecule has 0 spiro atoms. The molecule has 2 aromatic carbocycles. The number of nitrogens with zero attached hydrogens (tertiary/aromatic N) is 3. The predicted octanol–water partition coefficient (Wildman–Crippen LogP) is 5.15. The second-order valence-corrected chi connectivity index (χ2v) is 9.33. The van der Waals surface area contributed by atoms with Gasteiger partial charge < -0.3 is 9.30 Å². The highest BCUT2D eigenvalue weighted by Gasteiger charge is 2.22. The Bertz CT molecular complexity index is 1000. The maximum Gasteiger partial charge on any atom is 0.191 e. The number of para-hydroxylation sites is 1. The van der Waals surface area contributed by atoms with E-state index in [0.717, 1.165) is 11.3 Å². The van der Waals surface area contributed by atoms with E-state index in [9.17, 15) is 4.79 Å². The number of rotatable bonds is 6. The van der Waals surface area contributed by atoms with Gasteiger partial charge in [-0.2, -0.15) is 0 Å². The van der Waals surface area contributed by atoms with Gasteiger partial charge in [-0.1, -0.05) is 68.9 Å². The van der Waals surface area contributed by atoms with Crippen molar-refractivity contribution >= 4 is 17.5 Å². The molecule has 0 amide bonds. The number of methoxy groups -OCH3 is 1. The number of ketones is 1. The van der Waals surface area contributed by atoms with Crippen molar-refractivity contribution in [1.82, 2.24) is 14.8 Å². The number of hydrogen-bond donors (Lipinski definition) is 0. The predicted molar refractivity (Wildman–Crippen MR) is 118 cm³/mol. The Morgan fingerprint density at radius 1 is 1.07 bits per heavy atom. The molecule has 0 radical (unpaired) electrons. The largest absolute Gasteiger partial charge is 0.496 e. The quantitative estimate of drug-likeness (QED) is 0.416.